The van der Waals surface area contributed by atoms with Gasteiger partial charge >= 0.3 is 0 Å². The lowest BCUT2D eigenvalue weighted by Crippen LogP contribution is -2.46. The van der Waals surface area contributed by atoms with Gasteiger partial charge in [-0.2, -0.15) is 0 Å². The van der Waals surface area contributed by atoms with E-state index in [0.29, 0.717) is 5.54 Å². The molecule has 2 fully saturated rings. The number of carbonyl (C=O) groups is 1. The third-order valence-corrected chi connectivity index (χ3v) is 3.79. The molecule has 4 nitrogen and oxygen atoms in total. The van der Waals surface area contributed by atoms with E-state index < -0.39 is 0 Å². The second-order valence-corrected chi connectivity index (χ2v) is 4.59. The van der Waals surface area contributed by atoms with Crippen molar-refractivity contribution in [3.63, 3.8) is 0 Å². The first-order valence-corrected chi connectivity index (χ1v) is 5.51. The average Bonchev–Trinajstić information content (AvgIpc) is 2.67. The van der Waals surface area contributed by atoms with Crippen LogP contribution in [0.3, 0.4) is 0 Å². The molecule has 1 amide bonds. The van der Waals surface area contributed by atoms with Gasteiger partial charge in [-0.1, -0.05) is 0 Å². The van der Waals surface area contributed by atoms with E-state index in [-0.39, 0.29) is 11.8 Å². The predicted molar refractivity (Wildman–Crippen MR) is 54.3 cm³/mol. The molecule has 0 radical (unpaired) electrons. The first kappa shape index (κ1) is 9.93. The van der Waals surface area contributed by atoms with Crippen LogP contribution in [0.15, 0.2) is 0 Å². The van der Waals surface area contributed by atoms with Gasteiger partial charge in [-0.05, 0) is 45.1 Å². The monoisotopic (exact) mass is 197 g/mol. The van der Waals surface area contributed by atoms with Gasteiger partial charge in [-0.3, -0.25) is 10.2 Å². The van der Waals surface area contributed by atoms with Gasteiger partial charge in [-0.15, -0.1) is 0 Å². The van der Waals surface area contributed by atoms with Crippen molar-refractivity contribution in [2.45, 2.75) is 44.1 Å². The lowest BCUT2D eigenvalue weighted by molar-refractivity contribution is -0.126. The van der Waals surface area contributed by atoms with Crippen molar-refractivity contribution in [2.24, 2.45) is 11.8 Å². The molecule has 1 aliphatic carbocycles. The molecule has 1 saturated carbocycles. The number of carbonyl (C=O) groups excluding carboxylic acids is 1. The lowest BCUT2D eigenvalue weighted by atomic mass is 9.75. The van der Waals surface area contributed by atoms with Crippen molar-refractivity contribution < 1.29 is 4.79 Å². The zero-order valence-electron chi connectivity index (χ0n) is 8.51. The maximum Gasteiger partial charge on any atom is 0.236 e. The number of hydrogen-bond acceptors (Lipinski definition) is 3. The van der Waals surface area contributed by atoms with E-state index in [0.717, 1.165) is 32.2 Å². The highest BCUT2D eigenvalue weighted by molar-refractivity contribution is 5.78. The Hall–Kier alpha value is -0.610. The zero-order chi connectivity index (χ0) is 10.0. The molecule has 2 aliphatic rings. The molecule has 1 spiro atoms. The highest BCUT2D eigenvalue weighted by Crippen LogP contribution is 2.37. The van der Waals surface area contributed by atoms with Crippen LogP contribution in [-0.4, -0.2) is 18.0 Å². The second kappa shape index (κ2) is 3.87. The number of rotatable bonds is 1. The summed E-state index contributed by atoms with van der Waals surface area (Å²) in [6.45, 7) is 1.15. The summed E-state index contributed by atoms with van der Waals surface area (Å²) >= 11 is 0. The predicted octanol–water partition coefficient (Wildman–Crippen LogP) is 0.289. The minimum atomic E-state index is 0.0119. The molecule has 4 heteroatoms. The first-order valence-electron chi connectivity index (χ1n) is 5.51. The number of hydrogen-bond donors (Lipinski definition) is 3. The summed E-state index contributed by atoms with van der Waals surface area (Å²) in [7, 11) is 0. The van der Waals surface area contributed by atoms with Crippen LogP contribution in [0.4, 0.5) is 0 Å². The first-order chi connectivity index (χ1) is 6.76. The van der Waals surface area contributed by atoms with Gasteiger partial charge in [0.05, 0.1) is 0 Å². The molecule has 1 saturated heterocycles. The summed E-state index contributed by atoms with van der Waals surface area (Å²) in [5.74, 6) is 5.29. The number of nitrogens with one attached hydrogen (secondary N) is 2. The van der Waals surface area contributed by atoms with Crippen LogP contribution in [0, 0.1) is 5.92 Å². The maximum absolute atomic E-state index is 11.3. The second-order valence-electron chi connectivity index (χ2n) is 4.59. The van der Waals surface area contributed by atoms with Gasteiger partial charge in [0, 0.05) is 11.5 Å². The van der Waals surface area contributed by atoms with Gasteiger partial charge in [0.1, 0.15) is 0 Å². The summed E-state index contributed by atoms with van der Waals surface area (Å²) in [6.07, 6.45) is 6.79. The van der Waals surface area contributed by atoms with Crippen molar-refractivity contribution in [3.8, 4) is 0 Å². The molecule has 0 bridgehead atoms. The highest BCUT2D eigenvalue weighted by Gasteiger charge is 2.38. The number of hydrazine groups is 1. The quantitative estimate of drug-likeness (QED) is 0.321. The third-order valence-electron chi connectivity index (χ3n) is 3.79. The van der Waals surface area contributed by atoms with Gasteiger partial charge < -0.3 is 5.32 Å². The van der Waals surface area contributed by atoms with Crippen LogP contribution in [0.5, 0.6) is 0 Å². The van der Waals surface area contributed by atoms with E-state index in [2.05, 4.69) is 10.7 Å². The van der Waals surface area contributed by atoms with Gasteiger partial charge in [0.25, 0.3) is 0 Å². The Kier molecular flexibility index (Phi) is 2.74. The van der Waals surface area contributed by atoms with Crippen molar-refractivity contribution in [1.29, 1.82) is 0 Å². The standard InChI is InChI=1S/C10H19N3O/c11-13-9(14)8-2-5-10(6-3-8)4-1-7-12-10/h8,12H,1-7,11H2,(H,13,14). The third kappa shape index (κ3) is 1.77. The molecule has 14 heavy (non-hydrogen) atoms. The topological polar surface area (TPSA) is 67.1 Å². The van der Waals surface area contributed by atoms with E-state index in [9.17, 15) is 4.79 Å². The largest absolute Gasteiger partial charge is 0.311 e. The summed E-state index contributed by atoms with van der Waals surface area (Å²) in [6, 6.07) is 0. The van der Waals surface area contributed by atoms with Crippen molar-refractivity contribution in [3.05, 3.63) is 0 Å². The summed E-state index contributed by atoms with van der Waals surface area (Å²) in [4.78, 5) is 11.3. The Labute approximate surface area is 84.6 Å². The summed E-state index contributed by atoms with van der Waals surface area (Å²) in [5, 5.41) is 3.59. The molecule has 80 valence electrons. The van der Waals surface area contributed by atoms with Crippen LogP contribution >= 0.6 is 0 Å². The maximum atomic E-state index is 11.3. The van der Waals surface area contributed by atoms with Crippen LogP contribution in [0.25, 0.3) is 0 Å². The Morgan fingerprint density at radius 1 is 1.36 bits per heavy atom. The Balaban J connectivity index is 1.88. The minimum absolute atomic E-state index is 0.0119. The minimum Gasteiger partial charge on any atom is -0.311 e. The zero-order valence-corrected chi connectivity index (χ0v) is 8.51. The Morgan fingerprint density at radius 2 is 2.07 bits per heavy atom. The van der Waals surface area contributed by atoms with E-state index >= 15 is 0 Å². The fourth-order valence-electron chi connectivity index (χ4n) is 2.85. The van der Waals surface area contributed by atoms with Crippen LogP contribution in [-0.2, 0) is 4.79 Å². The molecule has 0 unspecified atom stereocenters. The van der Waals surface area contributed by atoms with E-state index in [1.54, 1.807) is 0 Å². The van der Waals surface area contributed by atoms with E-state index in [1.165, 1.54) is 12.8 Å². The Morgan fingerprint density at radius 3 is 2.57 bits per heavy atom. The van der Waals surface area contributed by atoms with Crippen LogP contribution < -0.4 is 16.6 Å². The molecule has 0 aromatic rings. The molecule has 0 aromatic carbocycles. The van der Waals surface area contributed by atoms with Crippen molar-refractivity contribution in [2.75, 3.05) is 6.54 Å². The van der Waals surface area contributed by atoms with Crippen molar-refractivity contribution >= 4 is 5.91 Å². The lowest BCUT2D eigenvalue weighted by Gasteiger charge is -2.36. The van der Waals surface area contributed by atoms with Gasteiger partial charge in [0.2, 0.25) is 5.91 Å². The molecule has 0 aromatic heterocycles. The SMILES string of the molecule is NNC(=O)C1CCC2(CCCN2)CC1. The smallest absolute Gasteiger partial charge is 0.236 e. The van der Waals surface area contributed by atoms with Crippen LogP contribution in [0.2, 0.25) is 0 Å². The molecular formula is C10H19N3O. The molecule has 1 heterocycles. The molecule has 0 atom stereocenters. The summed E-state index contributed by atoms with van der Waals surface area (Å²) < 4.78 is 0. The van der Waals surface area contributed by atoms with Gasteiger partial charge in [-0.25, -0.2) is 5.84 Å². The molecule has 2 rings (SSSR count). The average molecular weight is 197 g/mol. The van der Waals surface area contributed by atoms with Crippen molar-refractivity contribution in [1.82, 2.24) is 10.7 Å². The summed E-state index contributed by atoms with van der Waals surface area (Å²) in [5.41, 5.74) is 2.62. The van der Waals surface area contributed by atoms with Crippen LogP contribution in [0.1, 0.15) is 38.5 Å². The van der Waals surface area contributed by atoms with E-state index in [1.807, 2.05) is 0 Å². The Bertz CT molecular complexity index is 213. The fraction of sp³-hybridized carbons (Fsp3) is 0.900. The highest BCUT2D eigenvalue weighted by atomic mass is 16.2. The van der Waals surface area contributed by atoms with Gasteiger partial charge in [0.15, 0.2) is 0 Å². The molecule has 1 aliphatic heterocycles. The normalized spacial score (nSPS) is 37.4. The molecular weight excluding hydrogens is 178 g/mol. The number of nitrogens with two attached hydrogens (primary N) is 1. The number of amides is 1. The fourth-order valence-corrected chi connectivity index (χ4v) is 2.85. The van der Waals surface area contributed by atoms with E-state index in [4.69, 9.17) is 5.84 Å². The molecule has 4 N–H and O–H groups in total.